The van der Waals surface area contributed by atoms with E-state index in [9.17, 15) is 4.79 Å². The topological polar surface area (TPSA) is 55.6 Å². The third kappa shape index (κ3) is 3.19. The molecule has 1 fully saturated rings. The zero-order chi connectivity index (χ0) is 12.1. The second kappa shape index (κ2) is 6.21. The Morgan fingerprint density at radius 1 is 1.44 bits per heavy atom. The van der Waals surface area contributed by atoms with Crippen molar-refractivity contribution >= 4 is 5.91 Å². The molecule has 4 nitrogen and oxygen atoms in total. The second-order valence-corrected chi connectivity index (χ2v) is 4.73. The average molecular weight is 228 g/mol. The van der Waals surface area contributed by atoms with E-state index < -0.39 is 0 Å². The Kier molecular flexibility index (Phi) is 5.22. The molecule has 2 N–H and O–H groups in total. The molecule has 0 aromatic heterocycles. The van der Waals surface area contributed by atoms with Gasteiger partial charge in [0.2, 0.25) is 5.91 Å². The number of likely N-dealkylation sites (tertiary alicyclic amines) is 1. The number of carbonyl (C=O) groups is 1. The number of ether oxygens (including phenoxy) is 1. The molecule has 1 amide bonds. The summed E-state index contributed by atoms with van der Waals surface area (Å²) in [4.78, 5) is 14.1. The lowest BCUT2D eigenvalue weighted by Crippen LogP contribution is -2.48. The van der Waals surface area contributed by atoms with Crippen molar-refractivity contribution < 1.29 is 9.53 Å². The van der Waals surface area contributed by atoms with E-state index in [0.717, 1.165) is 12.8 Å². The maximum atomic E-state index is 12.1. The van der Waals surface area contributed by atoms with Gasteiger partial charge in [-0.3, -0.25) is 4.79 Å². The van der Waals surface area contributed by atoms with E-state index in [4.69, 9.17) is 10.5 Å². The largest absolute Gasteiger partial charge is 0.380 e. The fraction of sp³-hybridized carbons (Fsp3) is 0.917. The number of piperidine rings is 1. The minimum absolute atomic E-state index is 0.145. The third-order valence-corrected chi connectivity index (χ3v) is 3.48. The molecule has 0 spiro atoms. The van der Waals surface area contributed by atoms with Crippen LogP contribution in [0.15, 0.2) is 0 Å². The summed E-state index contributed by atoms with van der Waals surface area (Å²) in [6, 6.07) is 0.707. The van der Waals surface area contributed by atoms with Gasteiger partial charge in [0, 0.05) is 25.7 Å². The molecule has 0 aromatic rings. The van der Waals surface area contributed by atoms with Crippen LogP contribution < -0.4 is 5.73 Å². The molecule has 1 rings (SSSR count). The molecule has 0 aliphatic carbocycles. The molecule has 16 heavy (non-hydrogen) atoms. The number of rotatable bonds is 4. The lowest BCUT2D eigenvalue weighted by molar-refractivity contribution is -0.139. The average Bonchev–Trinajstić information content (AvgIpc) is 2.25. The first kappa shape index (κ1) is 13.5. The first-order valence-electron chi connectivity index (χ1n) is 6.14. The number of carbonyl (C=O) groups excluding carboxylic acids is 1. The Bertz CT molecular complexity index is 219. The molecular formula is C12H24N2O2. The highest BCUT2D eigenvalue weighted by Gasteiger charge is 2.29. The van der Waals surface area contributed by atoms with Gasteiger partial charge >= 0.3 is 0 Å². The SMILES string of the molecule is COC(CN)CC(=O)N1C(C)CCCC1C. The summed E-state index contributed by atoms with van der Waals surface area (Å²) in [7, 11) is 1.61. The van der Waals surface area contributed by atoms with Crippen molar-refractivity contribution in [3.05, 3.63) is 0 Å². The number of nitrogens with two attached hydrogens (primary N) is 1. The standard InChI is InChI=1S/C12H24N2O2/c1-9-5-4-6-10(2)14(9)12(15)7-11(8-13)16-3/h9-11H,4-8,13H2,1-3H3. The van der Waals surface area contributed by atoms with Crippen LogP contribution >= 0.6 is 0 Å². The number of amides is 1. The van der Waals surface area contributed by atoms with Crippen LogP contribution in [-0.2, 0) is 9.53 Å². The maximum Gasteiger partial charge on any atom is 0.225 e. The minimum atomic E-state index is -0.145. The van der Waals surface area contributed by atoms with Gasteiger partial charge in [0.1, 0.15) is 0 Å². The van der Waals surface area contributed by atoms with Gasteiger partial charge in [0.15, 0.2) is 0 Å². The predicted octanol–water partition coefficient (Wildman–Crippen LogP) is 1.14. The van der Waals surface area contributed by atoms with Crippen molar-refractivity contribution in [3.8, 4) is 0 Å². The van der Waals surface area contributed by atoms with E-state index in [1.54, 1.807) is 7.11 Å². The van der Waals surface area contributed by atoms with E-state index in [2.05, 4.69) is 13.8 Å². The number of methoxy groups -OCH3 is 1. The highest BCUT2D eigenvalue weighted by Crippen LogP contribution is 2.23. The molecule has 1 saturated heterocycles. The molecule has 3 unspecified atom stereocenters. The van der Waals surface area contributed by atoms with Crippen molar-refractivity contribution in [2.75, 3.05) is 13.7 Å². The first-order valence-corrected chi connectivity index (χ1v) is 6.14. The molecule has 0 radical (unpaired) electrons. The minimum Gasteiger partial charge on any atom is -0.380 e. The van der Waals surface area contributed by atoms with E-state index >= 15 is 0 Å². The highest BCUT2D eigenvalue weighted by atomic mass is 16.5. The predicted molar refractivity (Wildman–Crippen MR) is 64.1 cm³/mol. The van der Waals surface area contributed by atoms with E-state index in [1.165, 1.54) is 6.42 Å². The molecule has 94 valence electrons. The van der Waals surface area contributed by atoms with E-state index in [-0.39, 0.29) is 12.0 Å². The summed E-state index contributed by atoms with van der Waals surface area (Å²) < 4.78 is 5.16. The van der Waals surface area contributed by atoms with Crippen LogP contribution in [0.3, 0.4) is 0 Å². The fourth-order valence-electron chi connectivity index (χ4n) is 2.48. The van der Waals surface area contributed by atoms with Crippen molar-refractivity contribution in [1.82, 2.24) is 4.90 Å². The van der Waals surface area contributed by atoms with Crippen LogP contribution in [0.1, 0.15) is 39.5 Å². The Labute approximate surface area is 98.1 Å². The van der Waals surface area contributed by atoms with Crippen LogP contribution in [0.5, 0.6) is 0 Å². The summed E-state index contributed by atoms with van der Waals surface area (Å²) >= 11 is 0. The molecule has 0 aromatic carbocycles. The Hall–Kier alpha value is -0.610. The zero-order valence-electron chi connectivity index (χ0n) is 10.6. The molecule has 3 atom stereocenters. The van der Waals surface area contributed by atoms with Crippen LogP contribution in [-0.4, -0.2) is 42.6 Å². The molecule has 1 aliphatic heterocycles. The summed E-state index contributed by atoms with van der Waals surface area (Å²) in [5.41, 5.74) is 5.53. The lowest BCUT2D eigenvalue weighted by atomic mass is 9.96. The van der Waals surface area contributed by atoms with Crippen LogP contribution in [0.25, 0.3) is 0 Å². The van der Waals surface area contributed by atoms with Crippen molar-refractivity contribution in [3.63, 3.8) is 0 Å². The summed E-state index contributed by atoms with van der Waals surface area (Å²) in [6.45, 7) is 4.65. The molecule has 0 saturated carbocycles. The summed E-state index contributed by atoms with van der Waals surface area (Å²) in [6.07, 6.45) is 3.69. The van der Waals surface area contributed by atoms with Crippen LogP contribution in [0.2, 0.25) is 0 Å². The van der Waals surface area contributed by atoms with Crippen molar-refractivity contribution in [1.29, 1.82) is 0 Å². The number of hydrogen-bond acceptors (Lipinski definition) is 3. The van der Waals surface area contributed by atoms with Gasteiger partial charge in [-0.25, -0.2) is 0 Å². The van der Waals surface area contributed by atoms with Crippen LogP contribution in [0, 0.1) is 0 Å². The third-order valence-electron chi connectivity index (χ3n) is 3.48. The van der Waals surface area contributed by atoms with Crippen LogP contribution in [0.4, 0.5) is 0 Å². The second-order valence-electron chi connectivity index (χ2n) is 4.73. The van der Waals surface area contributed by atoms with Gasteiger partial charge in [-0.1, -0.05) is 0 Å². The quantitative estimate of drug-likeness (QED) is 0.785. The number of hydrogen-bond donors (Lipinski definition) is 1. The van der Waals surface area contributed by atoms with Gasteiger partial charge in [-0.05, 0) is 33.1 Å². The summed E-state index contributed by atoms with van der Waals surface area (Å²) in [5, 5.41) is 0. The smallest absolute Gasteiger partial charge is 0.225 e. The van der Waals surface area contributed by atoms with Gasteiger partial charge in [-0.2, -0.15) is 0 Å². The Morgan fingerprint density at radius 2 is 2.00 bits per heavy atom. The molecule has 0 bridgehead atoms. The van der Waals surface area contributed by atoms with Gasteiger partial charge in [0.25, 0.3) is 0 Å². The van der Waals surface area contributed by atoms with Crippen molar-refractivity contribution in [2.24, 2.45) is 5.73 Å². The summed E-state index contributed by atoms with van der Waals surface area (Å²) in [5.74, 6) is 0.178. The lowest BCUT2D eigenvalue weighted by Gasteiger charge is -2.39. The zero-order valence-corrected chi connectivity index (χ0v) is 10.6. The highest BCUT2D eigenvalue weighted by molar-refractivity contribution is 5.77. The molecule has 1 aliphatic rings. The number of nitrogens with zero attached hydrogens (tertiary/aromatic N) is 1. The van der Waals surface area contributed by atoms with Gasteiger partial charge < -0.3 is 15.4 Å². The van der Waals surface area contributed by atoms with Crippen molar-refractivity contribution in [2.45, 2.75) is 57.7 Å². The maximum absolute atomic E-state index is 12.1. The Balaban J connectivity index is 2.56. The molecular weight excluding hydrogens is 204 g/mol. The monoisotopic (exact) mass is 228 g/mol. The fourth-order valence-corrected chi connectivity index (χ4v) is 2.48. The Morgan fingerprint density at radius 3 is 2.44 bits per heavy atom. The molecule has 1 heterocycles. The normalized spacial score (nSPS) is 27.9. The first-order chi connectivity index (χ1) is 7.60. The van der Waals surface area contributed by atoms with Gasteiger partial charge in [-0.15, -0.1) is 0 Å². The van der Waals surface area contributed by atoms with E-state index in [1.807, 2.05) is 4.90 Å². The van der Waals surface area contributed by atoms with Gasteiger partial charge in [0.05, 0.1) is 12.5 Å². The molecule has 4 heteroatoms. The van der Waals surface area contributed by atoms with E-state index in [0.29, 0.717) is 25.0 Å².